The second kappa shape index (κ2) is 9.38. The number of thiazole rings is 1. The number of aryl methyl sites for hydroxylation is 3. The third-order valence-corrected chi connectivity index (χ3v) is 6.80. The van der Waals surface area contributed by atoms with E-state index in [9.17, 15) is 4.79 Å². The Bertz CT molecular complexity index is 1420. The second-order valence-corrected chi connectivity index (χ2v) is 11.0. The van der Waals surface area contributed by atoms with Gasteiger partial charge in [0.15, 0.2) is 0 Å². The maximum Gasteiger partial charge on any atom is 0.273 e. The van der Waals surface area contributed by atoms with Gasteiger partial charge in [0, 0.05) is 34.9 Å². The molecular formula is C25H26BrN5O2S. The van der Waals surface area contributed by atoms with E-state index in [2.05, 4.69) is 51.7 Å². The Hall–Kier alpha value is -2.91. The summed E-state index contributed by atoms with van der Waals surface area (Å²) in [4.78, 5) is 31.5. The van der Waals surface area contributed by atoms with Crippen LogP contribution in [0.5, 0.6) is 5.75 Å². The number of pyridine rings is 2. The van der Waals surface area contributed by atoms with Crippen molar-refractivity contribution in [3.05, 3.63) is 78.6 Å². The van der Waals surface area contributed by atoms with Gasteiger partial charge in [0.25, 0.3) is 5.56 Å². The zero-order chi connectivity index (χ0) is 24.6. The molecule has 0 aromatic carbocycles. The molecule has 34 heavy (non-hydrogen) atoms. The Morgan fingerprint density at radius 2 is 1.85 bits per heavy atom. The van der Waals surface area contributed by atoms with Crippen molar-refractivity contribution in [2.75, 3.05) is 0 Å². The maximum atomic E-state index is 13.4. The van der Waals surface area contributed by atoms with Crippen molar-refractivity contribution in [2.45, 2.75) is 53.6 Å². The molecule has 0 unspecified atom stereocenters. The summed E-state index contributed by atoms with van der Waals surface area (Å²) in [5, 5.41) is 2.93. The third kappa shape index (κ3) is 4.95. The molecule has 0 aliphatic carbocycles. The van der Waals surface area contributed by atoms with E-state index < -0.39 is 0 Å². The summed E-state index contributed by atoms with van der Waals surface area (Å²) in [6.45, 7) is 12.3. The van der Waals surface area contributed by atoms with Gasteiger partial charge in [-0.25, -0.2) is 15.0 Å². The Morgan fingerprint density at radius 3 is 2.53 bits per heavy atom. The van der Waals surface area contributed by atoms with Crippen molar-refractivity contribution >= 4 is 27.3 Å². The standard InChI is InChI=1S/C25H26BrN5O2S/c1-14-11-28-19(18-7-8-27-24(30-18)25(4,5)6)10-20(14)31-15(2)9-21(22(26)23(31)32)33-12-17-13-34-16(3)29-17/h7-11,13H,12H2,1-6H3. The van der Waals surface area contributed by atoms with Crippen LogP contribution in [-0.4, -0.2) is 24.5 Å². The zero-order valence-electron chi connectivity index (χ0n) is 20.0. The first-order chi connectivity index (χ1) is 16.0. The van der Waals surface area contributed by atoms with E-state index in [4.69, 9.17) is 9.72 Å². The molecule has 0 amide bonds. The summed E-state index contributed by atoms with van der Waals surface area (Å²) in [7, 11) is 0. The molecule has 4 aromatic heterocycles. The van der Waals surface area contributed by atoms with Crippen molar-refractivity contribution in [2.24, 2.45) is 0 Å². The van der Waals surface area contributed by atoms with E-state index in [1.807, 2.05) is 44.4 Å². The van der Waals surface area contributed by atoms with E-state index in [-0.39, 0.29) is 11.0 Å². The smallest absolute Gasteiger partial charge is 0.273 e. The lowest BCUT2D eigenvalue weighted by Crippen LogP contribution is -2.23. The fourth-order valence-electron chi connectivity index (χ4n) is 3.47. The minimum atomic E-state index is -0.206. The van der Waals surface area contributed by atoms with E-state index in [0.29, 0.717) is 28.2 Å². The molecule has 176 valence electrons. The molecule has 9 heteroatoms. The van der Waals surface area contributed by atoms with Crippen LogP contribution in [0.2, 0.25) is 0 Å². The molecular weight excluding hydrogens is 514 g/mol. The summed E-state index contributed by atoms with van der Waals surface area (Å²) in [5.41, 5.74) is 4.20. The first-order valence-corrected chi connectivity index (χ1v) is 12.5. The van der Waals surface area contributed by atoms with Gasteiger partial charge >= 0.3 is 0 Å². The van der Waals surface area contributed by atoms with Gasteiger partial charge in [0.05, 0.1) is 27.8 Å². The van der Waals surface area contributed by atoms with Crippen LogP contribution in [0.1, 0.15) is 48.6 Å². The quantitative estimate of drug-likeness (QED) is 0.323. The lowest BCUT2D eigenvalue weighted by Gasteiger charge is -2.18. The Labute approximate surface area is 211 Å². The fraction of sp³-hybridized carbons (Fsp3) is 0.320. The molecule has 0 N–H and O–H groups in total. The van der Waals surface area contributed by atoms with Gasteiger partial charge in [0.1, 0.15) is 22.7 Å². The number of aromatic nitrogens is 5. The van der Waals surface area contributed by atoms with Crippen molar-refractivity contribution in [3.63, 3.8) is 0 Å². The van der Waals surface area contributed by atoms with Gasteiger partial charge < -0.3 is 4.74 Å². The average molecular weight is 540 g/mol. The van der Waals surface area contributed by atoms with Gasteiger partial charge in [-0.05, 0) is 54.4 Å². The molecule has 7 nitrogen and oxygen atoms in total. The van der Waals surface area contributed by atoms with Crippen molar-refractivity contribution < 1.29 is 4.74 Å². The van der Waals surface area contributed by atoms with Crippen molar-refractivity contribution in [3.8, 4) is 22.8 Å². The molecule has 0 aliphatic heterocycles. The van der Waals surface area contributed by atoms with Crippen LogP contribution < -0.4 is 10.3 Å². The summed E-state index contributed by atoms with van der Waals surface area (Å²) < 4.78 is 7.94. The van der Waals surface area contributed by atoms with Gasteiger partial charge in [-0.15, -0.1) is 11.3 Å². The second-order valence-electron chi connectivity index (χ2n) is 9.12. The Kier molecular flexibility index (Phi) is 6.69. The average Bonchev–Trinajstić information content (AvgIpc) is 3.21. The molecule has 0 radical (unpaired) electrons. The summed E-state index contributed by atoms with van der Waals surface area (Å²) in [5.74, 6) is 1.23. The number of ether oxygens (including phenoxy) is 1. The van der Waals surface area contributed by atoms with E-state index in [1.165, 1.54) is 0 Å². The highest BCUT2D eigenvalue weighted by Gasteiger charge is 2.20. The molecule has 0 saturated heterocycles. The molecule has 4 aromatic rings. The maximum absolute atomic E-state index is 13.4. The minimum Gasteiger partial charge on any atom is -0.486 e. The number of halogens is 1. The number of nitrogens with zero attached hydrogens (tertiary/aromatic N) is 5. The number of hydrogen-bond donors (Lipinski definition) is 0. The Morgan fingerprint density at radius 1 is 1.09 bits per heavy atom. The predicted octanol–water partition coefficient (Wildman–Crippen LogP) is 5.71. The van der Waals surface area contributed by atoms with Crippen LogP contribution in [0, 0.1) is 20.8 Å². The lowest BCUT2D eigenvalue weighted by atomic mass is 9.95. The lowest BCUT2D eigenvalue weighted by molar-refractivity contribution is 0.298. The fourth-order valence-corrected chi connectivity index (χ4v) is 4.47. The van der Waals surface area contributed by atoms with Crippen molar-refractivity contribution in [1.29, 1.82) is 0 Å². The summed E-state index contributed by atoms with van der Waals surface area (Å²) in [6, 6.07) is 5.58. The Balaban J connectivity index is 1.73. The highest BCUT2D eigenvalue weighted by atomic mass is 79.9. The van der Waals surface area contributed by atoms with Crippen LogP contribution in [0.15, 0.2) is 45.2 Å². The SMILES string of the molecule is Cc1nc(COc2cc(C)n(-c3cc(-c4ccnc(C(C)(C)C)n4)ncc3C)c(=O)c2Br)cs1. The molecule has 4 heterocycles. The monoisotopic (exact) mass is 539 g/mol. The largest absolute Gasteiger partial charge is 0.486 e. The molecule has 0 atom stereocenters. The van der Waals surface area contributed by atoms with Gasteiger partial charge in [-0.3, -0.25) is 14.3 Å². The van der Waals surface area contributed by atoms with Crippen LogP contribution >= 0.6 is 27.3 Å². The van der Waals surface area contributed by atoms with E-state index >= 15 is 0 Å². The van der Waals surface area contributed by atoms with Crippen LogP contribution in [-0.2, 0) is 12.0 Å². The summed E-state index contributed by atoms with van der Waals surface area (Å²) >= 11 is 5.02. The van der Waals surface area contributed by atoms with E-state index in [0.717, 1.165) is 33.5 Å². The van der Waals surface area contributed by atoms with Gasteiger partial charge in [-0.2, -0.15) is 0 Å². The predicted molar refractivity (Wildman–Crippen MR) is 138 cm³/mol. The molecule has 0 fully saturated rings. The minimum absolute atomic E-state index is 0.186. The van der Waals surface area contributed by atoms with Crippen LogP contribution in [0.3, 0.4) is 0 Å². The van der Waals surface area contributed by atoms with Gasteiger partial charge in [0.2, 0.25) is 0 Å². The first kappa shape index (κ1) is 24.2. The van der Waals surface area contributed by atoms with Crippen LogP contribution in [0.4, 0.5) is 0 Å². The highest BCUT2D eigenvalue weighted by molar-refractivity contribution is 9.10. The van der Waals surface area contributed by atoms with Gasteiger partial charge in [-0.1, -0.05) is 20.8 Å². The molecule has 4 rings (SSSR count). The summed E-state index contributed by atoms with van der Waals surface area (Å²) in [6.07, 6.45) is 3.51. The molecule has 0 bridgehead atoms. The zero-order valence-corrected chi connectivity index (χ0v) is 22.4. The highest BCUT2D eigenvalue weighted by Crippen LogP contribution is 2.28. The normalized spacial score (nSPS) is 11.6. The van der Waals surface area contributed by atoms with E-state index in [1.54, 1.807) is 28.3 Å². The molecule has 0 saturated carbocycles. The number of rotatable bonds is 5. The van der Waals surface area contributed by atoms with Crippen LogP contribution in [0.25, 0.3) is 17.1 Å². The topological polar surface area (TPSA) is 82.8 Å². The van der Waals surface area contributed by atoms with Crippen molar-refractivity contribution in [1.82, 2.24) is 24.5 Å². The third-order valence-electron chi connectivity index (χ3n) is 5.25. The molecule has 0 aliphatic rings. The molecule has 0 spiro atoms. The number of hydrogen-bond acceptors (Lipinski definition) is 7. The first-order valence-electron chi connectivity index (χ1n) is 10.8.